The molecular formula is C16H34N2. The van der Waals surface area contributed by atoms with Gasteiger partial charge in [-0.25, -0.2) is 0 Å². The summed E-state index contributed by atoms with van der Waals surface area (Å²) in [6, 6.07) is 0.362. The average Bonchev–Trinajstić information content (AvgIpc) is 2.19. The zero-order valence-electron chi connectivity index (χ0n) is 13.4. The Morgan fingerprint density at radius 3 is 2.11 bits per heavy atom. The maximum atomic E-state index is 6.22. The summed E-state index contributed by atoms with van der Waals surface area (Å²) in [4.78, 5) is 2.70. The molecule has 0 aromatic carbocycles. The lowest BCUT2D eigenvalue weighted by Crippen LogP contribution is -2.63. The van der Waals surface area contributed by atoms with Crippen LogP contribution in [0.2, 0.25) is 0 Å². The van der Waals surface area contributed by atoms with Gasteiger partial charge >= 0.3 is 0 Å². The first-order valence-electron chi connectivity index (χ1n) is 7.72. The van der Waals surface area contributed by atoms with Crippen LogP contribution in [0.25, 0.3) is 0 Å². The molecule has 2 nitrogen and oxygen atoms in total. The van der Waals surface area contributed by atoms with Crippen molar-refractivity contribution in [3.05, 3.63) is 0 Å². The van der Waals surface area contributed by atoms with Crippen LogP contribution in [0.3, 0.4) is 0 Å². The van der Waals surface area contributed by atoms with Gasteiger partial charge in [0.15, 0.2) is 0 Å². The fourth-order valence-corrected chi connectivity index (χ4v) is 3.80. The Hall–Kier alpha value is -0.0800. The summed E-state index contributed by atoms with van der Waals surface area (Å²) in [5.41, 5.74) is 6.71. The summed E-state index contributed by atoms with van der Waals surface area (Å²) < 4.78 is 0. The van der Waals surface area contributed by atoms with E-state index >= 15 is 0 Å². The van der Waals surface area contributed by atoms with Crippen LogP contribution < -0.4 is 5.73 Å². The van der Waals surface area contributed by atoms with Crippen molar-refractivity contribution in [2.75, 3.05) is 6.54 Å². The molecule has 0 bridgehead atoms. The normalized spacial score (nSPS) is 26.2. The lowest BCUT2D eigenvalue weighted by atomic mass is 9.77. The summed E-state index contributed by atoms with van der Waals surface area (Å²) in [5, 5.41) is 0. The Labute approximate surface area is 114 Å². The zero-order chi connectivity index (χ0) is 14.0. The van der Waals surface area contributed by atoms with Gasteiger partial charge < -0.3 is 5.73 Å². The SMILES string of the molecule is CCC(C)CCCN1C(C)(C)CC(N)CC1(C)C. The van der Waals surface area contributed by atoms with Crippen molar-refractivity contribution in [2.24, 2.45) is 11.7 Å². The molecule has 0 saturated carbocycles. The second-order valence-electron chi connectivity index (χ2n) is 7.60. The third kappa shape index (κ3) is 3.96. The fourth-order valence-electron chi connectivity index (χ4n) is 3.80. The fraction of sp³-hybridized carbons (Fsp3) is 1.00. The van der Waals surface area contributed by atoms with E-state index in [-0.39, 0.29) is 11.1 Å². The molecule has 1 aliphatic rings. The first-order valence-corrected chi connectivity index (χ1v) is 7.72. The van der Waals surface area contributed by atoms with Crippen LogP contribution in [0.4, 0.5) is 0 Å². The Morgan fingerprint density at radius 1 is 1.17 bits per heavy atom. The number of rotatable bonds is 5. The smallest absolute Gasteiger partial charge is 0.0173 e. The highest BCUT2D eigenvalue weighted by atomic mass is 15.3. The third-order valence-electron chi connectivity index (χ3n) is 4.76. The van der Waals surface area contributed by atoms with E-state index in [1.54, 1.807) is 0 Å². The van der Waals surface area contributed by atoms with Gasteiger partial charge in [0, 0.05) is 17.1 Å². The van der Waals surface area contributed by atoms with E-state index in [1.807, 2.05) is 0 Å². The molecule has 0 aliphatic carbocycles. The van der Waals surface area contributed by atoms with E-state index < -0.39 is 0 Å². The molecule has 2 heteroatoms. The predicted octanol–water partition coefficient (Wildman–Crippen LogP) is 3.79. The maximum absolute atomic E-state index is 6.22. The van der Waals surface area contributed by atoms with Crippen LogP contribution in [-0.4, -0.2) is 28.6 Å². The monoisotopic (exact) mass is 254 g/mol. The van der Waals surface area contributed by atoms with Crippen molar-refractivity contribution in [3.8, 4) is 0 Å². The molecule has 1 rings (SSSR count). The first kappa shape index (κ1) is 16.0. The number of nitrogens with zero attached hydrogens (tertiary/aromatic N) is 1. The average molecular weight is 254 g/mol. The first-order chi connectivity index (χ1) is 8.19. The van der Waals surface area contributed by atoms with Gasteiger partial charge in [-0.3, -0.25) is 4.90 Å². The Morgan fingerprint density at radius 2 is 1.67 bits per heavy atom. The molecule has 108 valence electrons. The van der Waals surface area contributed by atoms with Crippen molar-refractivity contribution in [1.82, 2.24) is 4.90 Å². The van der Waals surface area contributed by atoms with Crippen LogP contribution in [0.5, 0.6) is 0 Å². The molecule has 0 spiro atoms. The minimum Gasteiger partial charge on any atom is -0.328 e. The van der Waals surface area contributed by atoms with Gasteiger partial charge in [-0.15, -0.1) is 0 Å². The van der Waals surface area contributed by atoms with Crippen LogP contribution in [0, 0.1) is 5.92 Å². The molecule has 0 aromatic rings. The molecule has 1 unspecified atom stereocenters. The minimum absolute atomic E-state index is 0.247. The van der Waals surface area contributed by atoms with Crippen LogP contribution >= 0.6 is 0 Å². The number of piperidine rings is 1. The molecule has 1 heterocycles. The molecule has 1 fully saturated rings. The van der Waals surface area contributed by atoms with Gasteiger partial charge in [0.1, 0.15) is 0 Å². The minimum atomic E-state index is 0.247. The van der Waals surface area contributed by atoms with Gasteiger partial charge in [0.05, 0.1) is 0 Å². The second-order valence-corrected chi connectivity index (χ2v) is 7.60. The van der Waals surface area contributed by atoms with E-state index in [9.17, 15) is 0 Å². The predicted molar refractivity (Wildman–Crippen MR) is 80.8 cm³/mol. The maximum Gasteiger partial charge on any atom is 0.0173 e. The molecule has 0 aromatic heterocycles. The lowest BCUT2D eigenvalue weighted by Gasteiger charge is -2.55. The van der Waals surface area contributed by atoms with Gasteiger partial charge in [-0.1, -0.05) is 20.3 Å². The molecule has 1 atom stereocenters. The van der Waals surface area contributed by atoms with Crippen LogP contribution in [-0.2, 0) is 0 Å². The van der Waals surface area contributed by atoms with Gasteiger partial charge in [-0.05, 0) is 65.8 Å². The summed E-state index contributed by atoms with van der Waals surface area (Å²) in [5.74, 6) is 0.864. The van der Waals surface area contributed by atoms with Crippen molar-refractivity contribution in [3.63, 3.8) is 0 Å². The zero-order valence-corrected chi connectivity index (χ0v) is 13.4. The topological polar surface area (TPSA) is 29.3 Å². The largest absolute Gasteiger partial charge is 0.328 e. The highest BCUT2D eigenvalue weighted by Gasteiger charge is 2.43. The highest BCUT2D eigenvalue weighted by Crippen LogP contribution is 2.37. The van der Waals surface area contributed by atoms with Gasteiger partial charge in [-0.2, -0.15) is 0 Å². The van der Waals surface area contributed by atoms with E-state index in [1.165, 1.54) is 25.8 Å². The molecule has 1 saturated heterocycles. The summed E-state index contributed by atoms with van der Waals surface area (Å²) in [7, 11) is 0. The number of hydrogen-bond acceptors (Lipinski definition) is 2. The number of hydrogen-bond donors (Lipinski definition) is 1. The summed E-state index contributed by atoms with van der Waals surface area (Å²) >= 11 is 0. The van der Waals surface area contributed by atoms with Crippen molar-refractivity contribution in [1.29, 1.82) is 0 Å². The number of nitrogens with two attached hydrogens (primary N) is 1. The lowest BCUT2D eigenvalue weighted by molar-refractivity contribution is -0.0360. The van der Waals surface area contributed by atoms with Gasteiger partial charge in [0.2, 0.25) is 0 Å². The van der Waals surface area contributed by atoms with Crippen molar-refractivity contribution in [2.45, 2.75) is 90.8 Å². The second kappa shape index (κ2) is 5.92. The van der Waals surface area contributed by atoms with E-state index in [2.05, 4.69) is 46.4 Å². The van der Waals surface area contributed by atoms with Crippen LogP contribution in [0.15, 0.2) is 0 Å². The Bertz CT molecular complexity index is 240. The van der Waals surface area contributed by atoms with E-state index in [0.29, 0.717) is 6.04 Å². The Kier molecular flexibility index (Phi) is 5.25. The summed E-state index contributed by atoms with van der Waals surface area (Å²) in [6.07, 6.45) is 6.22. The third-order valence-corrected chi connectivity index (χ3v) is 4.76. The van der Waals surface area contributed by atoms with Crippen LogP contribution in [0.1, 0.15) is 73.6 Å². The van der Waals surface area contributed by atoms with Crippen molar-refractivity contribution >= 4 is 0 Å². The van der Waals surface area contributed by atoms with Crippen molar-refractivity contribution < 1.29 is 0 Å². The van der Waals surface area contributed by atoms with Gasteiger partial charge in [0.25, 0.3) is 0 Å². The molecular weight excluding hydrogens is 220 g/mol. The molecule has 18 heavy (non-hydrogen) atoms. The molecule has 2 N–H and O–H groups in total. The summed E-state index contributed by atoms with van der Waals surface area (Å²) in [6.45, 7) is 15.3. The molecule has 0 amide bonds. The van der Waals surface area contributed by atoms with E-state index in [0.717, 1.165) is 18.8 Å². The molecule has 1 aliphatic heterocycles. The van der Waals surface area contributed by atoms with E-state index in [4.69, 9.17) is 5.73 Å². The highest BCUT2D eigenvalue weighted by molar-refractivity contribution is 5.01. The number of likely N-dealkylation sites (tertiary alicyclic amines) is 1. The standard InChI is InChI=1S/C16H34N2/c1-7-13(2)9-8-10-18-15(3,4)11-14(17)12-16(18,5)6/h13-14H,7-12,17H2,1-6H3. The Balaban J connectivity index is 2.60. The quantitative estimate of drug-likeness (QED) is 0.808. The molecule has 0 radical (unpaired) electrons.